The lowest BCUT2D eigenvalue weighted by atomic mass is 9.97. The second kappa shape index (κ2) is 3.80. The predicted molar refractivity (Wildman–Crippen MR) is 60.8 cm³/mol. The molecule has 1 aromatic heterocycles. The highest BCUT2D eigenvalue weighted by atomic mass is 16.2. The zero-order valence-electron chi connectivity index (χ0n) is 9.80. The van der Waals surface area contributed by atoms with E-state index in [4.69, 9.17) is 5.73 Å². The summed E-state index contributed by atoms with van der Waals surface area (Å²) in [5.41, 5.74) is 5.57. The molecule has 6 heteroatoms. The Bertz CT molecular complexity index is 435. The molecule has 1 amide bonds. The first-order chi connectivity index (χ1) is 8.19. The molecule has 2 aliphatic rings. The Morgan fingerprint density at radius 2 is 2.12 bits per heavy atom. The maximum atomic E-state index is 12.4. The average Bonchev–Trinajstić information content (AvgIpc) is 2.96. The molecule has 0 radical (unpaired) electrons. The molecule has 0 atom stereocenters. The van der Waals surface area contributed by atoms with Crippen LogP contribution in [0.4, 0.5) is 0 Å². The van der Waals surface area contributed by atoms with E-state index in [0.29, 0.717) is 13.1 Å². The minimum absolute atomic E-state index is 0.0873. The second-order valence-electron chi connectivity index (χ2n) is 5.03. The smallest absolute Gasteiger partial charge is 0.243 e. The van der Waals surface area contributed by atoms with E-state index in [2.05, 4.69) is 10.2 Å². The van der Waals surface area contributed by atoms with E-state index in [1.807, 2.05) is 9.47 Å². The summed E-state index contributed by atoms with van der Waals surface area (Å²) in [5.74, 6) is 0.940. The van der Waals surface area contributed by atoms with E-state index in [9.17, 15) is 4.79 Å². The van der Waals surface area contributed by atoms with Gasteiger partial charge in [-0.15, -0.1) is 10.2 Å². The lowest BCUT2D eigenvalue weighted by Gasteiger charge is -2.33. The van der Waals surface area contributed by atoms with Gasteiger partial charge in [0.1, 0.15) is 6.33 Å². The van der Waals surface area contributed by atoms with Gasteiger partial charge in [-0.1, -0.05) is 12.8 Å². The molecule has 1 aliphatic carbocycles. The first-order valence-electron chi connectivity index (χ1n) is 6.14. The summed E-state index contributed by atoms with van der Waals surface area (Å²) >= 11 is 0. The van der Waals surface area contributed by atoms with Crippen LogP contribution in [0.15, 0.2) is 6.33 Å². The quantitative estimate of drug-likeness (QED) is 0.737. The molecule has 2 N–H and O–H groups in total. The second-order valence-corrected chi connectivity index (χ2v) is 5.03. The summed E-state index contributed by atoms with van der Waals surface area (Å²) in [4.78, 5) is 14.2. The summed E-state index contributed by atoms with van der Waals surface area (Å²) in [7, 11) is 0. The van der Waals surface area contributed by atoms with Gasteiger partial charge in [0, 0.05) is 13.1 Å². The van der Waals surface area contributed by atoms with Gasteiger partial charge in [0.25, 0.3) is 0 Å². The third kappa shape index (κ3) is 1.72. The normalized spacial score (nSPS) is 22.5. The number of nitrogens with zero attached hydrogens (tertiary/aromatic N) is 4. The molecule has 0 spiro atoms. The molecule has 0 saturated heterocycles. The van der Waals surface area contributed by atoms with E-state index < -0.39 is 5.54 Å². The average molecular weight is 235 g/mol. The molecule has 0 bridgehead atoms. The van der Waals surface area contributed by atoms with Crippen LogP contribution in [0.3, 0.4) is 0 Å². The van der Waals surface area contributed by atoms with Crippen molar-refractivity contribution >= 4 is 5.91 Å². The van der Waals surface area contributed by atoms with Gasteiger partial charge in [-0.05, 0) is 12.8 Å². The Labute approximate surface area is 99.8 Å². The van der Waals surface area contributed by atoms with Gasteiger partial charge in [0.15, 0.2) is 5.82 Å². The summed E-state index contributed by atoms with van der Waals surface area (Å²) < 4.78 is 1.99. The van der Waals surface area contributed by atoms with Crippen LogP contribution in [-0.2, 0) is 17.9 Å². The summed E-state index contributed by atoms with van der Waals surface area (Å²) in [6.07, 6.45) is 5.47. The highest BCUT2D eigenvalue weighted by Crippen LogP contribution is 2.29. The largest absolute Gasteiger partial charge is 0.332 e. The van der Waals surface area contributed by atoms with Crippen LogP contribution in [-0.4, -0.2) is 37.7 Å². The number of hydrogen-bond acceptors (Lipinski definition) is 4. The van der Waals surface area contributed by atoms with E-state index >= 15 is 0 Å². The van der Waals surface area contributed by atoms with Crippen molar-refractivity contribution in [3.63, 3.8) is 0 Å². The van der Waals surface area contributed by atoms with E-state index in [1.165, 1.54) is 0 Å². The minimum Gasteiger partial charge on any atom is -0.332 e. The fourth-order valence-electron chi connectivity index (χ4n) is 2.77. The van der Waals surface area contributed by atoms with Crippen molar-refractivity contribution in [2.24, 2.45) is 5.73 Å². The van der Waals surface area contributed by atoms with Crippen LogP contribution < -0.4 is 5.73 Å². The molecule has 92 valence electrons. The maximum Gasteiger partial charge on any atom is 0.243 e. The fourth-order valence-corrected chi connectivity index (χ4v) is 2.77. The maximum absolute atomic E-state index is 12.4. The first kappa shape index (κ1) is 10.7. The van der Waals surface area contributed by atoms with Crippen molar-refractivity contribution in [3.05, 3.63) is 12.2 Å². The third-order valence-electron chi connectivity index (χ3n) is 3.85. The molecule has 3 rings (SSSR count). The summed E-state index contributed by atoms with van der Waals surface area (Å²) in [6.45, 7) is 2.02. The van der Waals surface area contributed by atoms with Gasteiger partial charge in [-0.3, -0.25) is 4.79 Å². The molecule has 1 aliphatic heterocycles. The van der Waals surface area contributed by atoms with Crippen molar-refractivity contribution in [2.45, 2.75) is 44.3 Å². The Kier molecular flexibility index (Phi) is 2.39. The topological polar surface area (TPSA) is 77.0 Å². The van der Waals surface area contributed by atoms with Crippen LogP contribution in [0, 0.1) is 0 Å². The molecule has 0 unspecified atom stereocenters. The molecule has 6 nitrogen and oxygen atoms in total. The van der Waals surface area contributed by atoms with Gasteiger partial charge in [-0.25, -0.2) is 0 Å². The number of aromatic nitrogens is 3. The molecule has 1 saturated carbocycles. The van der Waals surface area contributed by atoms with Gasteiger partial charge in [0.2, 0.25) is 5.91 Å². The van der Waals surface area contributed by atoms with Crippen molar-refractivity contribution in [2.75, 3.05) is 6.54 Å². The van der Waals surface area contributed by atoms with Crippen LogP contribution in [0.25, 0.3) is 0 Å². The highest BCUT2D eigenvalue weighted by Gasteiger charge is 2.40. The number of amides is 1. The summed E-state index contributed by atoms with van der Waals surface area (Å²) in [6, 6.07) is 0. The molecular weight excluding hydrogens is 218 g/mol. The first-order valence-corrected chi connectivity index (χ1v) is 6.14. The molecular formula is C11H17N5O. The van der Waals surface area contributed by atoms with Gasteiger partial charge < -0.3 is 15.2 Å². The predicted octanol–water partition coefficient (Wildman–Crippen LogP) is -0.108. The number of nitrogens with two attached hydrogens (primary N) is 1. The molecule has 17 heavy (non-hydrogen) atoms. The van der Waals surface area contributed by atoms with Crippen molar-refractivity contribution < 1.29 is 4.79 Å². The van der Waals surface area contributed by atoms with Crippen molar-refractivity contribution in [1.29, 1.82) is 0 Å². The standard InChI is InChI=1S/C11H17N5O/c12-11(3-1-2-4-11)10(17)15-5-6-16-8-13-14-9(16)7-15/h8H,1-7,12H2. The highest BCUT2D eigenvalue weighted by molar-refractivity contribution is 5.86. The van der Waals surface area contributed by atoms with Gasteiger partial charge >= 0.3 is 0 Å². The van der Waals surface area contributed by atoms with E-state index in [-0.39, 0.29) is 5.91 Å². The monoisotopic (exact) mass is 235 g/mol. The van der Waals surface area contributed by atoms with Gasteiger partial charge in [0.05, 0.1) is 12.1 Å². The third-order valence-corrected chi connectivity index (χ3v) is 3.85. The molecule has 0 aromatic carbocycles. The lowest BCUT2D eigenvalue weighted by molar-refractivity contribution is -0.138. The van der Waals surface area contributed by atoms with Crippen molar-refractivity contribution in [1.82, 2.24) is 19.7 Å². The Morgan fingerprint density at radius 3 is 2.88 bits per heavy atom. The Balaban J connectivity index is 1.76. The number of fused-ring (bicyclic) bond motifs is 1. The number of carbonyl (C=O) groups is 1. The number of hydrogen-bond donors (Lipinski definition) is 1. The summed E-state index contributed by atoms with van der Waals surface area (Å²) in [5, 5.41) is 7.87. The van der Waals surface area contributed by atoms with Crippen LogP contribution in [0.5, 0.6) is 0 Å². The molecule has 2 heterocycles. The van der Waals surface area contributed by atoms with E-state index in [0.717, 1.165) is 38.1 Å². The van der Waals surface area contributed by atoms with Gasteiger partial charge in [-0.2, -0.15) is 0 Å². The zero-order valence-corrected chi connectivity index (χ0v) is 9.80. The van der Waals surface area contributed by atoms with E-state index in [1.54, 1.807) is 6.33 Å². The number of rotatable bonds is 1. The SMILES string of the molecule is NC1(C(=O)N2CCn3cnnc3C2)CCCC1. The molecule has 1 fully saturated rings. The Hall–Kier alpha value is -1.43. The Morgan fingerprint density at radius 1 is 1.35 bits per heavy atom. The fraction of sp³-hybridized carbons (Fsp3) is 0.727. The minimum atomic E-state index is -0.623. The molecule has 1 aromatic rings. The zero-order chi connectivity index (χ0) is 11.9. The lowest BCUT2D eigenvalue weighted by Crippen LogP contribution is -2.55. The number of carbonyl (C=O) groups excluding carboxylic acids is 1. The van der Waals surface area contributed by atoms with Crippen molar-refractivity contribution in [3.8, 4) is 0 Å². The van der Waals surface area contributed by atoms with Crippen LogP contribution in [0.1, 0.15) is 31.5 Å². The van der Waals surface area contributed by atoms with Crippen LogP contribution >= 0.6 is 0 Å². The van der Waals surface area contributed by atoms with Crippen LogP contribution in [0.2, 0.25) is 0 Å².